The van der Waals surface area contributed by atoms with Crippen LogP contribution in [-0.2, 0) is 13.1 Å². The highest BCUT2D eigenvalue weighted by atomic mass is 32.1. The van der Waals surface area contributed by atoms with Crippen molar-refractivity contribution in [3.63, 3.8) is 0 Å². The standard InChI is InChI=1S/C12H14N2O3S/c1-2-14(7-10-4-3-5-17-10)6-9-8-18-11(13-9)12(15)16/h3-5,8H,2,6-7H2,1H3,(H,15,16). The number of rotatable bonds is 6. The van der Waals surface area contributed by atoms with E-state index in [4.69, 9.17) is 9.52 Å². The molecule has 0 saturated heterocycles. The van der Waals surface area contributed by atoms with E-state index < -0.39 is 5.97 Å². The Morgan fingerprint density at radius 3 is 2.94 bits per heavy atom. The van der Waals surface area contributed by atoms with E-state index in [2.05, 4.69) is 9.88 Å². The molecular formula is C12H14N2O3S. The normalized spacial score (nSPS) is 11.0. The zero-order chi connectivity index (χ0) is 13.0. The second-order valence-electron chi connectivity index (χ2n) is 3.83. The first-order valence-corrected chi connectivity index (χ1v) is 6.49. The lowest BCUT2D eigenvalue weighted by molar-refractivity contribution is 0.0696. The second kappa shape index (κ2) is 5.79. The molecule has 0 radical (unpaired) electrons. The minimum atomic E-state index is -0.972. The fraction of sp³-hybridized carbons (Fsp3) is 0.333. The highest BCUT2D eigenvalue weighted by Crippen LogP contribution is 2.13. The summed E-state index contributed by atoms with van der Waals surface area (Å²) < 4.78 is 5.29. The molecule has 0 aliphatic carbocycles. The molecule has 0 atom stereocenters. The number of carboxylic acid groups (broad SMARTS) is 1. The molecule has 0 aliphatic heterocycles. The summed E-state index contributed by atoms with van der Waals surface area (Å²) in [7, 11) is 0. The maximum atomic E-state index is 10.7. The maximum absolute atomic E-state index is 10.7. The van der Waals surface area contributed by atoms with Crippen LogP contribution in [0.2, 0.25) is 0 Å². The van der Waals surface area contributed by atoms with Crippen LogP contribution in [0.1, 0.15) is 28.2 Å². The van der Waals surface area contributed by atoms with E-state index in [0.29, 0.717) is 13.1 Å². The van der Waals surface area contributed by atoms with Gasteiger partial charge >= 0.3 is 5.97 Å². The lowest BCUT2D eigenvalue weighted by atomic mass is 10.3. The third-order valence-corrected chi connectivity index (χ3v) is 3.41. The number of nitrogens with zero attached hydrogens (tertiary/aromatic N) is 2. The molecule has 0 aromatic carbocycles. The first kappa shape index (κ1) is 12.8. The number of carboxylic acids is 1. The summed E-state index contributed by atoms with van der Waals surface area (Å²) in [6, 6.07) is 3.78. The fourth-order valence-electron chi connectivity index (χ4n) is 1.61. The van der Waals surface area contributed by atoms with Crippen LogP contribution >= 0.6 is 11.3 Å². The van der Waals surface area contributed by atoms with E-state index in [-0.39, 0.29) is 5.01 Å². The first-order valence-electron chi connectivity index (χ1n) is 5.61. The number of aromatic nitrogens is 1. The van der Waals surface area contributed by atoms with Crippen LogP contribution in [-0.4, -0.2) is 27.5 Å². The monoisotopic (exact) mass is 266 g/mol. The van der Waals surface area contributed by atoms with Gasteiger partial charge in [0.1, 0.15) is 5.76 Å². The van der Waals surface area contributed by atoms with Crippen molar-refractivity contribution < 1.29 is 14.3 Å². The number of carbonyl (C=O) groups is 1. The molecule has 0 amide bonds. The van der Waals surface area contributed by atoms with Crippen molar-refractivity contribution in [3.05, 3.63) is 40.2 Å². The smallest absolute Gasteiger partial charge is 0.365 e. The molecule has 0 spiro atoms. The Morgan fingerprint density at radius 1 is 1.56 bits per heavy atom. The van der Waals surface area contributed by atoms with Crippen molar-refractivity contribution in [1.82, 2.24) is 9.88 Å². The first-order chi connectivity index (χ1) is 8.69. The molecular weight excluding hydrogens is 252 g/mol. The molecule has 18 heavy (non-hydrogen) atoms. The van der Waals surface area contributed by atoms with Crippen molar-refractivity contribution in [2.45, 2.75) is 20.0 Å². The SMILES string of the molecule is CCN(Cc1csc(C(=O)O)n1)Cc1ccco1. The van der Waals surface area contributed by atoms with Crippen LogP contribution in [0.5, 0.6) is 0 Å². The average molecular weight is 266 g/mol. The van der Waals surface area contributed by atoms with Crippen molar-refractivity contribution >= 4 is 17.3 Å². The lowest BCUT2D eigenvalue weighted by Gasteiger charge is -2.17. The van der Waals surface area contributed by atoms with E-state index in [0.717, 1.165) is 29.3 Å². The molecule has 5 nitrogen and oxygen atoms in total. The fourth-order valence-corrected chi connectivity index (χ4v) is 2.26. The predicted octanol–water partition coefficient (Wildman–Crippen LogP) is 2.46. The van der Waals surface area contributed by atoms with Gasteiger partial charge in [-0.2, -0.15) is 0 Å². The zero-order valence-corrected chi connectivity index (χ0v) is 10.8. The van der Waals surface area contributed by atoms with Crippen molar-refractivity contribution in [3.8, 4) is 0 Å². The number of furan rings is 1. The van der Waals surface area contributed by atoms with Crippen LogP contribution in [0.4, 0.5) is 0 Å². The molecule has 2 aromatic heterocycles. The van der Waals surface area contributed by atoms with Crippen LogP contribution in [0.15, 0.2) is 28.2 Å². The number of aromatic carboxylic acids is 1. The van der Waals surface area contributed by atoms with Gasteiger partial charge in [0.05, 0.1) is 18.5 Å². The van der Waals surface area contributed by atoms with E-state index in [1.54, 1.807) is 11.6 Å². The molecule has 96 valence electrons. The highest BCUT2D eigenvalue weighted by molar-refractivity contribution is 7.11. The lowest BCUT2D eigenvalue weighted by Crippen LogP contribution is -2.22. The summed E-state index contributed by atoms with van der Waals surface area (Å²) in [6.07, 6.45) is 1.65. The van der Waals surface area contributed by atoms with Gasteiger partial charge in [0.2, 0.25) is 5.01 Å². The summed E-state index contributed by atoms with van der Waals surface area (Å²) in [5, 5.41) is 10.7. The number of hydrogen-bond donors (Lipinski definition) is 1. The highest BCUT2D eigenvalue weighted by Gasteiger charge is 2.12. The molecule has 2 aromatic rings. The summed E-state index contributed by atoms with van der Waals surface area (Å²) in [5.41, 5.74) is 0.783. The molecule has 6 heteroatoms. The summed E-state index contributed by atoms with van der Waals surface area (Å²) >= 11 is 1.16. The molecule has 0 unspecified atom stereocenters. The number of thiazole rings is 1. The van der Waals surface area contributed by atoms with Gasteiger partial charge in [0.25, 0.3) is 0 Å². The molecule has 0 bridgehead atoms. The summed E-state index contributed by atoms with van der Waals surface area (Å²) in [6.45, 7) is 4.22. The van der Waals surface area contributed by atoms with Gasteiger partial charge in [-0.05, 0) is 18.7 Å². The van der Waals surface area contributed by atoms with Crippen molar-refractivity contribution in [2.75, 3.05) is 6.54 Å². The Kier molecular flexibility index (Phi) is 4.11. The van der Waals surface area contributed by atoms with Gasteiger partial charge in [0.15, 0.2) is 0 Å². The van der Waals surface area contributed by atoms with Gasteiger partial charge < -0.3 is 9.52 Å². The Bertz CT molecular complexity index is 507. The molecule has 2 rings (SSSR count). The van der Waals surface area contributed by atoms with Crippen molar-refractivity contribution in [1.29, 1.82) is 0 Å². The van der Waals surface area contributed by atoms with Crippen molar-refractivity contribution in [2.24, 2.45) is 0 Å². The van der Waals surface area contributed by atoms with E-state index in [9.17, 15) is 4.79 Å². The van der Waals surface area contributed by atoms with E-state index >= 15 is 0 Å². The number of hydrogen-bond acceptors (Lipinski definition) is 5. The maximum Gasteiger partial charge on any atom is 0.365 e. The van der Waals surface area contributed by atoms with Gasteiger partial charge in [-0.1, -0.05) is 6.92 Å². The summed E-state index contributed by atoms with van der Waals surface area (Å²) in [5.74, 6) is -0.0779. The molecule has 0 aliphatic rings. The minimum Gasteiger partial charge on any atom is -0.476 e. The topological polar surface area (TPSA) is 66.6 Å². The average Bonchev–Trinajstić information content (AvgIpc) is 2.99. The Labute approximate surface area is 109 Å². The van der Waals surface area contributed by atoms with Gasteiger partial charge in [-0.3, -0.25) is 4.90 Å². The summed E-state index contributed by atoms with van der Waals surface area (Å²) in [4.78, 5) is 17.0. The van der Waals surface area contributed by atoms with Gasteiger partial charge in [0, 0.05) is 11.9 Å². The van der Waals surface area contributed by atoms with Gasteiger partial charge in [-0.25, -0.2) is 9.78 Å². The minimum absolute atomic E-state index is 0.138. The third-order valence-electron chi connectivity index (χ3n) is 2.53. The molecule has 0 fully saturated rings. The quantitative estimate of drug-likeness (QED) is 0.870. The van der Waals surface area contributed by atoms with E-state index in [1.165, 1.54) is 0 Å². The Balaban J connectivity index is 1.98. The third kappa shape index (κ3) is 3.18. The van der Waals surface area contributed by atoms with Crippen LogP contribution < -0.4 is 0 Å². The molecule has 0 saturated carbocycles. The molecule has 2 heterocycles. The molecule has 1 N–H and O–H groups in total. The largest absolute Gasteiger partial charge is 0.476 e. The van der Waals surface area contributed by atoms with Crippen LogP contribution in [0.25, 0.3) is 0 Å². The van der Waals surface area contributed by atoms with E-state index in [1.807, 2.05) is 19.1 Å². The van der Waals surface area contributed by atoms with Crippen LogP contribution in [0.3, 0.4) is 0 Å². The predicted molar refractivity (Wildman–Crippen MR) is 67.6 cm³/mol. The Hall–Kier alpha value is -1.66. The second-order valence-corrected chi connectivity index (χ2v) is 4.69. The van der Waals surface area contributed by atoms with Gasteiger partial charge in [-0.15, -0.1) is 11.3 Å². The zero-order valence-electron chi connectivity index (χ0n) is 10.00. The van der Waals surface area contributed by atoms with Crippen LogP contribution in [0, 0.1) is 0 Å². The Morgan fingerprint density at radius 2 is 2.39 bits per heavy atom.